The third-order valence-corrected chi connectivity index (χ3v) is 2.20. The van der Waals surface area contributed by atoms with Crippen LogP contribution in [0.25, 0.3) is 0 Å². The molecule has 0 saturated heterocycles. The van der Waals surface area contributed by atoms with Gasteiger partial charge in [-0.25, -0.2) is 0 Å². The van der Waals surface area contributed by atoms with Crippen molar-refractivity contribution in [2.24, 2.45) is 5.92 Å². The molecule has 0 bridgehead atoms. The number of hydrogen-bond acceptors (Lipinski definition) is 3. The van der Waals surface area contributed by atoms with Gasteiger partial charge in [0.1, 0.15) is 0 Å². The Morgan fingerprint density at radius 1 is 1.29 bits per heavy atom. The minimum atomic E-state index is -4.72. The number of rotatable bonds is 6. The number of carbonyl (C=O) groups excluding carboxylic acids is 1. The second-order valence-electron chi connectivity index (χ2n) is 3.75. The molecule has 0 aromatic carbocycles. The molecule has 0 fully saturated rings. The third-order valence-electron chi connectivity index (χ3n) is 2.20. The molecule has 4 nitrogen and oxygen atoms in total. The van der Waals surface area contributed by atoms with Gasteiger partial charge in [0, 0.05) is 0 Å². The summed E-state index contributed by atoms with van der Waals surface area (Å²) in [6, 6.07) is 0. The summed E-state index contributed by atoms with van der Waals surface area (Å²) in [6.07, 6.45) is -6.78. The highest BCUT2D eigenvalue weighted by Crippen LogP contribution is 2.31. The van der Waals surface area contributed by atoms with E-state index in [1.54, 1.807) is 13.8 Å². The topological polar surface area (TPSA) is 63.6 Å². The Kier molecular flexibility index (Phi) is 5.98. The summed E-state index contributed by atoms with van der Waals surface area (Å²) in [5.74, 6) is -4.82. The van der Waals surface area contributed by atoms with Gasteiger partial charge in [-0.05, 0) is 13.3 Å². The van der Waals surface area contributed by atoms with E-state index < -0.39 is 43.0 Å². The molecule has 2 atom stereocenters. The fourth-order valence-electron chi connectivity index (χ4n) is 1.07. The van der Waals surface area contributed by atoms with Gasteiger partial charge in [-0.3, -0.25) is 9.59 Å². The zero-order valence-corrected chi connectivity index (χ0v) is 9.58. The summed E-state index contributed by atoms with van der Waals surface area (Å²) in [5, 5.41) is 8.34. The Balaban J connectivity index is 4.44. The molecule has 0 radical (unpaired) electrons. The number of carboxylic acids is 1. The summed E-state index contributed by atoms with van der Waals surface area (Å²) in [5.41, 5.74) is 0. The van der Waals surface area contributed by atoms with E-state index in [2.05, 4.69) is 4.74 Å². The van der Waals surface area contributed by atoms with Crippen LogP contribution >= 0.6 is 0 Å². The molecule has 0 spiro atoms. The normalized spacial score (nSPS) is 15.1. The molecule has 0 rings (SSSR count). The first kappa shape index (κ1) is 15.7. The molecule has 0 aliphatic carbocycles. The van der Waals surface area contributed by atoms with Crippen molar-refractivity contribution in [2.75, 3.05) is 0 Å². The van der Waals surface area contributed by atoms with Gasteiger partial charge in [-0.1, -0.05) is 6.92 Å². The maximum atomic E-state index is 12.4. The highest BCUT2D eigenvalue weighted by molar-refractivity contribution is 5.72. The minimum Gasteiger partial charge on any atom is -0.481 e. The lowest BCUT2D eigenvalue weighted by molar-refractivity contribution is -0.191. The lowest BCUT2D eigenvalue weighted by Crippen LogP contribution is -2.29. The van der Waals surface area contributed by atoms with E-state index in [0.717, 1.165) is 0 Å². The molecule has 0 aliphatic rings. The first-order chi connectivity index (χ1) is 7.66. The molecule has 1 N–H and O–H groups in total. The zero-order valence-electron chi connectivity index (χ0n) is 9.58. The number of carbonyl (C=O) groups is 2. The largest absolute Gasteiger partial charge is 0.481 e. The van der Waals surface area contributed by atoms with Crippen LogP contribution in [0.4, 0.5) is 13.2 Å². The number of esters is 1. The lowest BCUT2D eigenvalue weighted by Gasteiger charge is -2.18. The van der Waals surface area contributed by atoms with Crippen molar-refractivity contribution in [1.29, 1.82) is 0 Å². The van der Waals surface area contributed by atoms with Gasteiger partial charge in [-0.15, -0.1) is 0 Å². The molecule has 0 aromatic heterocycles. The quantitative estimate of drug-likeness (QED) is 0.741. The molecule has 0 aliphatic heterocycles. The van der Waals surface area contributed by atoms with Crippen LogP contribution in [0.3, 0.4) is 0 Å². The fraction of sp³-hybridized carbons (Fsp3) is 0.800. The lowest BCUT2D eigenvalue weighted by atomic mass is 10.0. The molecule has 17 heavy (non-hydrogen) atoms. The van der Waals surface area contributed by atoms with E-state index in [0.29, 0.717) is 6.42 Å². The van der Waals surface area contributed by atoms with Crippen LogP contribution in [0.5, 0.6) is 0 Å². The van der Waals surface area contributed by atoms with Crippen LogP contribution in [-0.2, 0) is 14.3 Å². The summed E-state index contributed by atoms with van der Waals surface area (Å²) < 4.78 is 41.8. The van der Waals surface area contributed by atoms with Crippen molar-refractivity contribution in [3.05, 3.63) is 0 Å². The Morgan fingerprint density at radius 3 is 2.18 bits per heavy atom. The van der Waals surface area contributed by atoms with Crippen LogP contribution in [0, 0.1) is 5.92 Å². The number of halogens is 3. The Bertz CT molecular complexity index is 275. The molecular formula is C10H15F3O4. The highest BCUT2D eigenvalue weighted by Gasteiger charge is 2.42. The first-order valence-electron chi connectivity index (χ1n) is 5.14. The van der Waals surface area contributed by atoms with Gasteiger partial charge >= 0.3 is 18.1 Å². The second kappa shape index (κ2) is 6.46. The third kappa shape index (κ3) is 6.80. The zero-order chi connectivity index (χ0) is 13.6. The highest BCUT2D eigenvalue weighted by atomic mass is 19.4. The Morgan fingerprint density at radius 2 is 1.82 bits per heavy atom. The predicted octanol–water partition coefficient (Wildman–Crippen LogP) is 2.37. The van der Waals surface area contributed by atoms with E-state index in [9.17, 15) is 22.8 Å². The number of hydrogen-bond donors (Lipinski definition) is 1. The maximum Gasteiger partial charge on any atom is 0.392 e. The van der Waals surface area contributed by atoms with Crippen LogP contribution in [0.2, 0.25) is 0 Å². The van der Waals surface area contributed by atoms with Crippen LogP contribution < -0.4 is 0 Å². The second-order valence-corrected chi connectivity index (χ2v) is 3.75. The van der Waals surface area contributed by atoms with Crippen molar-refractivity contribution in [2.45, 2.75) is 45.4 Å². The maximum absolute atomic E-state index is 12.4. The van der Waals surface area contributed by atoms with Crippen molar-refractivity contribution >= 4 is 11.9 Å². The molecule has 0 heterocycles. The van der Waals surface area contributed by atoms with E-state index in [1.807, 2.05) is 0 Å². The number of alkyl halides is 3. The average molecular weight is 256 g/mol. The molecule has 0 aromatic rings. The van der Waals surface area contributed by atoms with Crippen LogP contribution in [-0.4, -0.2) is 29.3 Å². The molecule has 100 valence electrons. The van der Waals surface area contributed by atoms with Crippen LogP contribution in [0.15, 0.2) is 0 Å². The van der Waals surface area contributed by atoms with E-state index in [1.165, 1.54) is 0 Å². The van der Waals surface area contributed by atoms with Crippen molar-refractivity contribution in [3.63, 3.8) is 0 Å². The van der Waals surface area contributed by atoms with Gasteiger partial charge in [0.15, 0.2) is 0 Å². The first-order valence-corrected chi connectivity index (χ1v) is 5.14. The molecule has 2 unspecified atom stereocenters. The van der Waals surface area contributed by atoms with Gasteiger partial charge in [0.25, 0.3) is 0 Å². The minimum absolute atomic E-state index is 0.471. The van der Waals surface area contributed by atoms with Gasteiger partial charge in [0.05, 0.1) is 24.9 Å². The molecule has 7 heteroatoms. The van der Waals surface area contributed by atoms with E-state index in [4.69, 9.17) is 5.11 Å². The number of ether oxygens (including phenoxy) is 1. The SMILES string of the molecule is CCC(C)OC(=O)CC(CC(=O)O)C(F)(F)F. The molecule has 0 amide bonds. The van der Waals surface area contributed by atoms with Crippen molar-refractivity contribution in [3.8, 4) is 0 Å². The summed E-state index contributed by atoms with van der Waals surface area (Å²) in [7, 11) is 0. The van der Waals surface area contributed by atoms with Crippen LogP contribution in [0.1, 0.15) is 33.1 Å². The standard InChI is InChI=1S/C10H15F3O4/c1-3-6(2)17-9(16)5-7(4-8(14)15)10(11,12)13/h6-7H,3-5H2,1-2H3,(H,14,15). The summed E-state index contributed by atoms with van der Waals surface area (Å²) >= 11 is 0. The number of aliphatic carboxylic acids is 1. The molecule has 0 saturated carbocycles. The van der Waals surface area contributed by atoms with Gasteiger partial charge < -0.3 is 9.84 Å². The smallest absolute Gasteiger partial charge is 0.392 e. The Hall–Kier alpha value is -1.27. The fourth-order valence-corrected chi connectivity index (χ4v) is 1.07. The average Bonchev–Trinajstić information content (AvgIpc) is 2.14. The summed E-state index contributed by atoms with van der Waals surface area (Å²) in [4.78, 5) is 21.4. The van der Waals surface area contributed by atoms with Gasteiger partial charge in [0.2, 0.25) is 0 Å². The number of carboxylic acid groups (broad SMARTS) is 1. The van der Waals surface area contributed by atoms with Crippen molar-refractivity contribution in [1.82, 2.24) is 0 Å². The van der Waals surface area contributed by atoms with E-state index >= 15 is 0 Å². The molecular weight excluding hydrogens is 241 g/mol. The Labute approximate surface area is 96.8 Å². The van der Waals surface area contributed by atoms with Crippen molar-refractivity contribution < 1.29 is 32.6 Å². The monoisotopic (exact) mass is 256 g/mol. The summed E-state index contributed by atoms with van der Waals surface area (Å²) in [6.45, 7) is 3.27. The van der Waals surface area contributed by atoms with Gasteiger partial charge in [-0.2, -0.15) is 13.2 Å². The predicted molar refractivity (Wildman–Crippen MR) is 52.3 cm³/mol. The van der Waals surface area contributed by atoms with E-state index in [-0.39, 0.29) is 0 Å².